The van der Waals surface area contributed by atoms with Gasteiger partial charge in [-0.2, -0.15) is 5.10 Å². The van der Waals surface area contributed by atoms with E-state index < -0.39 is 6.03 Å². The summed E-state index contributed by atoms with van der Waals surface area (Å²) in [4.78, 5) is 10.3. The maximum absolute atomic E-state index is 10.3. The van der Waals surface area contributed by atoms with Crippen molar-refractivity contribution < 1.29 is 9.90 Å². The Morgan fingerprint density at radius 1 is 1.67 bits per heavy atom. The zero-order chi connectivity index (χ0) is 11.4. The fourth-order valence-electron chi connectivity index (χ4n) is 0.821. The van der Waals surface area contributed by atoms with E-state index in [1.807, 2.05) is 5.43 Å². The topological polar surface area (TPSA) is 87.7 Å². The molecule has 0 aliphatic heterocycles. The maximum Gasteiger partial charge on any atom is 0.332 e. The van der Waals surface area contributed by atoms with Gasteiger partial charge in [0.15, 0.2) is 0 Å². The lowest BCUT2D eigenvalue weighted by Crippen LogP contribution is -2.24. The van der Waals surface area contributed by atoms with E-state index in [2.05, 4.69) is 21.0 Å². The van der Waals surface area contributed by atoms with E-state index in [1.54, 1.807) is 0 Å². The molecule has 0 fully saturated rings. The number of phenols is 1. The molecule has 0 atom stereocenters. The number of hydrogen-bond donors (Lipinski definition) is 3. The number of carbonyl (C=O) groups is 1. The van der Waals surface area contributed by atoms with Gasteiger partial charge in [-0.15, -0.1) is 0 Å². The minimum atomic E-state index is -0.783. The lowest BCUT2D eigenvalue weighted by Gasteiger charge is -2.01. The molecular weight excluding hydrogens is 285 g/mol. The molecule has 0 saturated carbocycles. The van der Waals surface area contributed by atoms with E-state index in [4.69, 9.17) is 17.3 Å². The Labute approximate surface area is 99.0 Å². The van der Waals surface area contributed by atoms with Gasteiger partial charge in [0.25, 0.3) is 0 Å². The summed E-state index contributed by atoms with van der Waals surface area (Å²) in [6.07, 6.45) is 1.23. The third-order valence-electron chi connectivity index (χ3n) is 1.45. The molecule has 0 saturated heterocycles. The van der Waals surface area contributed by atoms with Crippen LogP contribution in [0.4, 0.5) is 4.79 Å². The van der Waals surface area contributed by atoms with E-state index in [0.717, 1.165) is 0 Å². The van der Waals surface area contributed by atoms with Crippen LogP contribution in [0.5, 0.6) is 5.75 Å². The van der Waals surface area contributed by atoms with Gasteiger partial charge in [-0.25, -0.2) is 10.2 Å². The van der Waals surface area contributed by atoms with Crippen molar-refractivity contribution in [3.05, 3.63) is 27.2 Å². The second-order valence-corrected chi connectivity index (χ2v) is 3.82. The number of primary amides is 1. The zero-order valence-electron chi connectivity index (χ0n) is 7.37. The van der Waals surface area contributed by atoms with Gasteiger partial charge in [0.1, 0.15) is 5.75 Å². The second kappa shape index (κ2) is 4.99. The highest BCUT2D eigenvalue weighted by Crippen LogP contribution is 2.29. The molecule has 0 aliphatic carbocycles. The summed E-state index contributed by atoms with van der Waals surface area (Å²) in [7, 11) is 0. The molecular formula is C8H7BrClN3O2. The molecule has 5 nitrogen and oxygen atoms in total. The smallest absolute Gasteiger partial charge is 0.332 e. The van der Waals surface area contributed by atoms with Crippen LogP contribution in [0.15, 0.2) is 21.7 Å². The van der Waals surface area contributed by atoms with E-state index >= 15 is 0 Å². The quantitative estimate of drug-likeness (QED) is 0.573. The van der Waals surface area contributed by atoms with Crippen molar-refractivity contribution in [2.75, 3.05) is 0 Å². The number of urea groups is 1. The zero-order valence-corrected chi connectivity index (χ0v) is 9.71. The number of hydrazone groups is 1. The Bertz CT molecular complexity index is 423. The highest BCUT2D eigenvalue weighted by molar-refractivity contribution is 9.10. The Kier molecular flexibility index (Phi) is 3.93. The Hall–Kier alpha value is -1.27. The molecule has 0 aromatic heterocycles. The van der Waals surface area contributed by atoms with Crippen molar-refractivity contribution in [1.82, 2.24) is 5.43 Å². The van der Waals surface area contributed by atoms with Crippen molar-refractivity contribution >= 4 is 39.8 Å². The van der Waals surface area contributed by atoms with Gasteiger partial charge in [0.05, 0.1) is 11.2 Å². The number of aromatic hydroxyl groups is 1. The molecule has 0 unspecified atom stereocenters. The number of benzene rings is 1. The summed E-state index contributed by atoms with van der Waals surface area (Å²) < 4.78 is 0.571. The molecule has 2 amide bonds. The third kappa shape index (κ3) is 3.41. The number of nitrogens with one attached hydrogen (secondary N) is 1. The van der Waals surface area contributed by atoms with Crippen molar-refractivity contribution in [3.8, 4) is 5.75 Å². The van der Waals surface area contributed by atoms with Crippen LogP contribution in [0.2, 0.25) is 5.02 Å². The molecule has 0 aliphatic rings. The first-order valence-corrected chi connectivity index (χ1v) is 4.94. The number of nitrogens with two attached hydrogens (primary N) is 1. The van der Waals surface area contributed by atoms with Crippen LogP contribution in [-0.2, 0) is 0 Å². The van der Waals surface area contributed by atoms with E-state index in [1.165, 1.54) is 18.3 Å². The number of rotatable bonds is 2. The Morgan fingerprint density at radius 2 is 2.33 bits per heavy atom. The molecule has 0 heterocycles. The molecule has 4 N–H and O–H groups in total. The summed E-state index contributed by atoms with van der Waals surface area (Å²) in [6, 6.07) is 2.13. The van der Waals surface area contributed by atoms with Crippen LogP contribution >= 0.6 is 27.5 Å². The molecule has 7 heteroatoms. The number of hydrogen-bond acceptors (Lipinski definition) is 3. The lowest BCUT2D eigenvalue weighted by molar-refractivity contribution is 0.249. The SMILES string of the molecule is NC(=O)NN=Cc1cc(Cl)c(Br)cc1O. The van der Waals surface area contributed by atoms with Crippen LogP contribution in [0, 0.1) is 0 Å². The van der Waals surface area contributed by atoms with Gasteiger partial charge in [-0.05, 0) is 28.1 Å². The number of phenolic OH excluding ortho intramolecular Hbond substituents is 1. The monoisotopic (exact) mass is 291 g/mol. The number of amides is 2. The summed E-state index contributed by atoms with van der Waals surface area (Å²) in [5, 5.41) is 13.4. The van der Waals surface area contributed by atoms with Gasteiger partial charge >= 0.3 is 6.03 Å². The first-order chi connectivity index (χ1) is 7.00. The first-order valence-electron chi connectivity index (χ1n) is 3.77. The average Bonchev–Trinajstić information content (AvgIpc) is 2.13. The summed E-state index contributed by atoms with van der Waals surface area (Å²) in [6.45, 7) is 0. The minimum Gasteiger partial charge on any atom is -0.507 e. The van der Waals surface area contributed by atoms with E-state index in [0.29, 0.717) is 15.1 Å². The van der Waals surface area contributed by atoms with Gasteiger partial charge in [0.2, 0.25) is 0 Å². The summed E-state index contributed by atoms with van der Waals surface area (Å²) in [5.74, 6) is -0.0127. The lowest BCUT2D eigenvalue weighted by atomic mass is 10.2. The summed E-state index contributed by atoms with van der Waals surface area (Å²) in [5.41, 5.74) is 7.16. The van der Waals surface area contributed by atoms with Crippen LogP contribution in [-0.4, -0.2) is 17.4 Å². The number of nitrogens with zero attached hydrogens (tertiary/aromatic N) is 1. The standard InChI is InChI=1S/C8H7BrClN3O2/c9-5-2-7(14)4(1-6(5)10)3-12-13-8(11)15/h1-3,14H,(H3,11,13,15). The molecule has 0 spiro atoms. The minimum absolute atomic E-state index is 0.0127. The first kappa shape index (κ1) is 11.8. The highest BCUT2D eigenvalue weighted by Gasteiger charge is 2.04. The van der Waals surface area contributed by atoms with Gasteiger partial charge < -0.3 is 10.8 Å². The predicted molar refractivity (Wildman–Crippen MR) is 61.1 cm³/mol. The van der Waals surface area contributed by atoms with Crippen LogP contribution in [0.1, 0.15) is 5.56 Å². The van der Waals surface area contributed by atoms with Crippen molar-refractivity contribution in [1.29, 1.82) is 0 Å². The van der Waals surface area contributed by atoms with Crippen molar-refractivity contribution in [3.63, 3.8) is 0 Å². The second-order valence-electron chi connectivity index (χ2n) is 2.56. The molecule has 0 radical (unpaired) electrons. The molecule has 80 valence electrons. The Morgan fingerprint density at radius 3 is 2.93 bits per heavy atom. The van der Waals surface area contributed by atoms with Gasteiger partial charge in [-0.3, -0.25) is 0 Å². The maximum atomic E-state index is 10.3. The van der Waals surface area contributed by atoms with Crippen molar-refractivity contribution in [2.24, 2.45) is 10.8 Å². The van der Waals surface area contributed by atoms with E-state index in [9.17, 15) is 9.90 Å². The van der Waals surface area contributed by atoms with Crippen LogP contribution in [0.25, 0.3) is 0 Å². The predicted octanol–water partition coefficient (Wildman–Crippen LogP) is 1.81. The highest BCUT2D eigenvalue weighted by atomic mass is 79.9. The van der Waals surface area contributed by atoms with Gasteiger partial charge in [0, 0.05) is 10.0 Å². The van der Waals surface area contributed by atoms with Crippen LogP contribution < -0.4 is 11.2 Å². The van der Waals surface area contributed by atoms with E-state index in [-0.39, 0.29) is 5.75 Å². The molecule has 0 bridgehead atoms. The Balaban J connectivity index is 2.90. The normalized spacial score (nSPS) is 10.5. The van der Waals surface area contributed by atoms with Gasteiger partial charge in [-0.1, -0.05) is 11.6 Å². The fraction of sp³-hybridized carbons (Fsp3) is 0. The molecule has 1 aromatic rings. The summed E-state index contributed by atoms with van der Waals surface area (Å²) >= 11 is 8.94. The third-order valence-corrected chi connectivity index (χ3v) is 2.65. The molecule has 1 rings (SSSR count). The van der Waals surface area contributed by atoms with Crippen molar-refractivity contribution in [2.45, 2.75) is 0 Å². The molecule has 15 heavy (non-hydrogen) atoms. The fourth-order valence-corrected chi connectivity index (χ4v) is 1.32. The van der Waals surface area contributed by atoms with Crippen LogP contribution in [0.3, 0.4) is 0 Å². The number of carbonyl (C=O) groups excluding carboxylic acids is 1. The molecule has 1 aromatic carbocycles. The average molecular weight is 293 g/mol. The number of halogens is 2. The largest absolute Gasteiger partial charge is 0.507 e.